The number of thiazole rings is 1. The van der Waals surface area contributed by atoms with Gasteiger partial charge in [0.15, 0.2) is 0 Å². The third-order valence-corrected chi connectivity index (χ3v) is 9.86. The molecule has 2 fully saturated rings. The maximum absolute atomic E-state index is 16.3. The quantitative estimate of drug-likeness (QED) is 0.220. The minimum atomic E-state index is -0.297. The number of carbonyl (C=O) groups is 1. The number of hydrogen-bond acceptors (Lipinski definition) is 7. The fourth-order valence-corrected chi connectivity index (χ4v) is 7.23. The third-order valence-electron chi connectivity index (χ3n) is 8.99. The number of anilines is 1. The molecule has 0 N–H and O–H groups in total. The summed E-state index contributed by atoms with van der Waals surface area (Å²) in [6, 6.07) is 14.1. The van der Waals surface area contributed by atoms with Crippen molar-refractivity contribution in [2.75, 3.05) is 63.9 Å². The number of ether oxygens (including phenoxy) is 1. The zero-order chi connectivity index (χ0) is 31.8. The molecule has 0 aliphatic carbocycles. The number of hydrogen-bond donors (Lipinski definition) is 0. The molecular weight excluding hydrogens is 606 g/mol. The molecule has 0 bridgehead atoms. The van der Waals surface area contributed by atoms with E-state index in [0.29, 0.717) is 55.4 Å². The first-order chi connectivity index (χ1) is 22.4. The Kier molecular flexibility index (Phi) is 8.54. The molecular formula is C35H36F2N6O2S. The fourth-order valence-electron chi connectivity index (χ4n) is 6.32. The van der Waals surface area contributed by atoms with Gasteiger partial charge in [0.05, 0.1) is 42.5 Å². The second kappa shape index (κ2) is 12.9. The lowest BCUT2D eigenvalue weighted by atomic mass is 10.0. The van der Waals surface area contributed by atoms with Crippen LogP contribution in [0.25, 0.3) is 38.7 Å². The highest BCUT2D eigenvalue weighted by Crippen LogP contribution is 2.37. The molecule has 0 atom stereocenters. The standard InChI is InChI=1S/C35H36F2N6O2S/c1-3-29-34(28-10-9-27(23(2)33(28)37)35-39-30(22-46-35)24-4-6-25(36)7-5-24)43-20-26(8-11-31(43)38-29)41-14-12-40(13-15-41)21-32(44)42-16-18-45-19-17-42/h4-11,20,22H,3,12-19,21H2,1-2H3. The van der Waals surface area contributed by atoms with Crippen molar-refractivity contribution in [3.63, 3.8) is 0 Å². The second-order valence-electron chi connectivity index (χ2n) is 11.8. The zero-order valence-electron chi connectivity index (χ0n) is 26.0. The topological polar surface area (TPSA) is 66.2 Å². The van der Waals surface area contributed by atoms with Crippen molar-refractivity contribution < 1.29 is 18.3 Å². The Morgan fingerprint density at radius 1 is 0.913 bits per heavy atom. The highest BCUT2D eigenvalue weighted by molar-refractivity contribution is 7.13. The highest BCUT2D eigenvalue weighted by Gasteiger charge is 2.25. The summed E-state index contributed by atoms with van der Waals surface area (Å²) >= 11 is 1.44. The van der Waals surface area contributed by atoms with Gasteiger partial charge in [0.2, 0.25) is 5.91 Å². The van der Waals surface area contributed by atoms with E-state index in [-0.39, 0.29) is 17.5 Å². The van der Waals surface area contributed by atoms with Gasteiger partial charge >= 0.3 is 0 Å². The van der Waals surface area contributed by atoms with Gasteiger partial charge in [-0.3, -0.25) is 14.1 Å². The number of carbonyl (C=O) groups excluding carboxylic acids is 1. The molecule has 1 amide bonds. The molecule has 0 radical (unpaired) electrons. The van der Waals surface area contributed by atoms with Crippen molar-refractivity contribution in [2.45, 2.75) is 20.3 Å². The number of fused-ring (bicyclic) bond motifs is 1. The van der Waals surface area contributed by atoms with E-state index in [4.69, 9.17) is 14.7 Å². The summed E-state index contributed by atoms with van der Waals surface area (Å²) < 4.78 is 37.1. The van der Waals surface area contributed by atoms with Crippen LogP contribution in [0.2, 0.25) is 0 Å². The summed E-state index contributed by atoms with van der Waals surface area (Å²) in [5, 5.41) is 2.63. The van der Waals surface area contributed by atoms with Crippen LogP contribution >= 0.6 is 11.3 Å². The van der Waals surface area contributed by atoms with Crippen LogP contribution in [0.3, 0.4) is 0 Å². The van der Waals surface area contributed by atoms with Crippen LogP contribution in [0.4, 0.5) is 14.5 Å². The molecule has 2 saturated heterocycles. The summed E-state index contributed by atoms with van der Waals surface area (Å²) in [5.74, 6) is -0.426. The van der Waals surface area contributed by atoms with Gasteiger partial charge in [-0.1, -0.05) is 13.0 Å². The monoisotopic (exact) mass is 642 g/mol. The summed E-state index contributed by atoms with van der Waals surface area (Å²) in [7, 11) is 0. The molecule has 238 valence electrons. The molecule has 46 heavy (non-hydrogen) atoms. The van der Waals surface area contributed by atoms with E-state index in [0.717, 1.165) is 65.7 Å². The van der Waals surface area contributed by atoms with Crippen molar-refractivity contribution in [3.05, 3.63) is 83.0 Å². The molecule has 0 spiro atoms. The smallest absolute Gasteiger partial charge is 0.236 e. The predicted octanol–water partition coefficient (Wildman–Crippen LogP) is 5.92. The number of pyridine rings is 1. The molecule has 8 nitrogen and oxygen atoms in total. The van der Waals surface area contributed by atoms with E-state index >= 15 is 4.39 Å². The number of benzene rings is 2. The molecule has 11 heteroatoms. The Morgan fingerprint density at radius 3 is 2.39 bits per heavy atom. The van der Waals surface area contributed by atoms with Crippen LogP contribution in [-0.4, -0.2) is 89.1 Å². The number of rotatable bonds is 7. The van der Waals surface area contributed by atoms with Crippen molar-refractivity contribution in [2.24, 2.45) is 0 Å². The first-order valence-electron chi connectivity index (χ1n) is 15.7. The number of morpholine rings is 1. The lowest BCUT2D eigenvalue weighted by Crippen LogP contribution is -2.51. The highest BCUT2D eigenvalue weighted by atomic mass is 32.1. The first kappa shape index (κ1) is 30.5. The van der Waals surface area contributed by atoms with Gasteiger partial charge in [-0.05, 0) is 61.4 Å². The second-order valence-corrected chi connectivity index (χ2v) is 12.6. The maximum atomic E-state index is 16.3. The van der Waals surface area contributed by atoms with Gasteiger partial charge in [0, 0.05) is 67.5 Å². The largest absolute Gasteiger partial charge is 0.378 e. The molecule has 5 heterocycles. The van der Waals surface area contributed by atoms with Crippen LogP contribution in [-0.2, 0) is 16.0 Å². The Hall–Kier alpha value is -4.19. The van der Waals surface area contributed by atoms with E-state index in [2.05, 4.69) is 22.1 Å². The van der Waals surface area contributed by atoms with E-state index in [1.165, 1.54) is 23.5 Å². The molecule has 7 rings (SSSR count). The van der Waals surface area contributed by atoms with Crippen LogP contribution in [0.5, 0.6) is 0 Å². The Morgan fingerprint density at radius 2 is 1.65 bits per heavy atom. The van der Waals surface area contributed by atoms with E-state index < -0.39 is 0 Å². The summed E-state index contributed by atoms with van der Waals surface area (Å²) in [5.41, 5.74) is 6.71. The SMILES string of the molecule is CCc1nc2ccc(N3CCN(CC(=O)N4CCOCC4)CC3)cn2c1-c1ccc(-c2nc(-c3ccc(F)cc3)cs2)c(C)c1F. The van der Waals surface area contributed by atoms with Crippen LogP contribution in [0, 0.1) is 18.6 Å². The molecule has 2 aromatic carbocycles. The minimum Gasteiger partial charge on any atom is -0.378 e. The van der Waals surface area contributed by atoms with Gasteiger partial charge < -0.3 is 14.5 Å². The summed E-state index contributed by atoms with van der Waals surface area (Å²) in [6.45, 7) is 9.98. The number of nitrogens with zero attached hydrogens (tertiary/aromatic N) is 6. The Balaban J connectivity index is 1.13. The zero-order valence-corrected chi connectivity index (χ0v) is 26.8. The number of imidazole rings is 1. The number of aromatic nitrogens is 3. The van der Waals surface area contributed by atoms with Gasteiger partial charge in [-0.15, -0.1) is 11.3 Å². The van der Waals surface area contributed by atoms with Gasteiger partial charge in [-0.2, -0.15) is 0 Å². The molecule has 2 aliphatic heterocycles. The van der Waals surface area contributed by atoms with E-state index in [9.17, 15) is 9.18 Å². The van der Waals surface area contributed by atoms with Crippen molar-refractivity contribution in [3.8, 4) is 33.1 Å². The maximum Gasteiger partial charge on any atom is 0.236 e. The Bertz CT molecular complexity index is 1870. The van der Waals surface area contributed by atoms with Crippen LogP contribution in [0.1, 0.15) is 18.2 Å². The fraction of sp³-hybridized carbons (Fsp3) is 0.343. The molecule has 0 saturated carbocycles. The Labute approximate surface area is 270 Å². The molecule has 0 unspecified atom stereocenters. The van der Waals surface area contributed by atoms with E-state index in [1.807, 2.05) is 39.8 Å². The minimum absolute atomic E-state index is 0.167. The predicted molar refractivity (Wildman–Crippen MR) is 177 cm³/mol. The van der Waals surface area contributed by atoms with E-state index in [1.54, 1.807) is 19.1 Å². The van der Waals surface area contributed by atoms with Crippen LogP contribution < -0.4 is 4.90 Å². The molecule has 2 aliphatic rings. The number of aryl methyl sites for hydroxylation is 1. The lowest BCUT2D eigenvalue weighted by Gasteiger charge is -2.37. The van der Waals surface area contributed by atoms with Crippen LogP contribution in [0.15, 0.2) is 60.1 Å². The van der Waals surface area contributed by atoms with Gasteiger partial charge in [0.25, 0.3) is 0 Å². The summed E-state index contributed by atoms with van der Waals surface area (Å²) in [6.07, 6.45) is 2.72. The average Bonchev–Trinajstić information content (AvgIpc) is 3.72. The molecule has 3 aromatic heterocycles. The van der Waals surface area contributed by atoms with Crippen molar-refractivity contribution >= 4 is 28.6 Å². The third kappa shape index (κ3) is 5.90. The van der Waals surface area contributed by atoms with Crippen molar-refractivity contribution in [1.29, 1.82) is 0 Å². The number of amides is 1. The van der Waals surface area contributed by atoms with Crippen molar-refractivity contribution in [1.82, 2.24) is 24.2 Å². The normalized spacial score (nSPS) is 16.0. The molecule has 5 aromatic rings. The van der Waals surface area contributed by atoms with Gasteiger partial charge in [0.1, 0.15) is 22.3 Å². The van der Waals surface area contributed by atoms with Gasteiger partial charge in [-0.25, -0.2) is 18.7 Å². The number of piperazine rings is 1. The lowest BCUT2D eigenvalue weighted by molar-refractivity contribution is -0.136. The average molecular weight is 643 g/mol. The summed E-state index contributed by atoms with van der Waals surface area (Å²) in [4.78, 5) is 28.8. The number of halogens is 2. The first-order valence-corrected chi connectivity index (χ1v) is 16.6.